The maximum Gasteiger partial charge on any atom is 0.240 e. The minimum atomic E-state index is -2.96. The van der Waals surface area contributed by atoms with E-state index in [1.807, 2.05) is 43.3 Å². The highest BCUT2D eigenvalue weighted by atomic mass is 32.2. The van der Waals surface area contributed by atoms with E-state index in [-0.39, 0.29) is 29.8 Å². The third kappa shape index (κ3) is 6.20. The van der Waals surface area contributed by atoms with Crippen LogP contribution in [0.4, 0.5) is 0 Å². The molecule has 0 aromatic heterocycles. The number of carbonyl (C=O) groups is 1. The van der Waals surface area contributed by atoms with E-state index in [1.165, 1.54) is 5.56 Å². The second kappa shape index (κ2) is 9.01. The number of hydrogen-bond acceptors (Lipinski definition) is 5. The lowest BCUT2D eigenvalue weighted by atomic mass is 10.1. The fraction of sp³-hybridized carbons (Fsp3) is 0.333. The number of amides is 1. The summed E-state index contributed by atoms with van der Waals surface area (Å²) in [4.78, 5) is 11.9. The number of nitrogens with zero attached hydrogens (tertiary/aromatic N) is 1. The van der Waals surface area contributed by atoms with Crippen molar-refractivity contribution in [1.82, 2.24) is 5.43 Å². The third-order valence-electron chi connectivity index (χ3n) is 4.61. The molecular formula is C21H24N2O4S. The molecular weight excluding hydrogens is 376 g/mol. The van der Waals surface area contributed by atoms with E-state index in [9.17, 15) is 13.2 Å². The van der Waals surface area contributed by atoms with Crippen molar-refractivity contribution in [2.24, 2.45) is 11.0 Å². The minimum absolute atomic E-state index is 0.0915. The Kier molecular flexibility index (Phi) is 6.46. The Hall–Kier alpha value is -2.67. The van der Waals surface area contributed by atoms with Gasteiger partial charge in [0.05, 0.1) is 17.7 Å². The molecule has 2 aromatic rings. The quantitative estimate of drug-likeness (QED) is 0.572. The van der Waals surface area contributed by atoms with E-state index >= 15 is 0 Å². The average Bonchev–Trinajstić information content (AvgIpc) is 3.00. The normalized spacial score (nSPS) is 18.2. The summed E-state index contributed by atoms with van der Waals surface area (Å²) >= 11 is 0. The van der Waals surface area contributed by atoms with Crippen LogP contribution >= 0.6 is 0 Å². The summed E-state index contributed by atoms with van der Waals surface area (Å²) in [6.07, 6.45) is 2.28. The predicted molar refractivity (Wildman–Crippen MR) is 109 cm³/mol. The molecule has 1 aliphatic rings. The Morgan fingerprint density at radius 2 is 1.89 bits per heavy atom. The molecule has 0 radical (unpaired) electrons. The maximum atomic E-state index is 11.9. The van der Waals surface area contributed by atoms with Crippen LogP contribution in [0.1, 0.15) is 29.5 Å². The highest BCUT2D eigenvalue weighted by Crippen LogP contribution is 2.21. The van der Waals surface area contributed by atoms with Gasteiger partial charge in [-0.1, -0.05) is 29.8 Å². The molecule has 0 bridgehead atoms. The monoisotopic (exact) mass is 400 g/mol. The van der Waals surface area contributed by atoms with Crippen LogP contribution in [0.2, 0.25) is 0 Å². The van der Waals surface area contributed by atoms with Gasteiger partial charge in [-0.2, -0.15) is 5.10 Å². The van der Waals surface area contributed by atoms with E-state index in [0.29, 0.717) is 13.0 Å². The minimum Gasteiger partial charge on any atom is -0.489 e. The first kappa shape index (κ1) is 20.1. The molecule has 1 amide bonds. The number of aryl methyl sites for hydroxylation is 1. The highest BCUT2D eigenvalue weighted by molar-refractivity contribution is 7.91. The summed E-state index contributed by atoms with van der Waals surface area (Å²) < 4.78 is 28.6. The van der Waals surface area contributed by atoms with Crippen molar-refractivity contribution in [2.45, 2.75) is 26.4 Å². The van der Waals surface area contributed by atoms with Crippen molar-refractivity contribution in [3.8, 4) is 5.75 Å². The molecule has 1 N–H and O–H groups in total. The Morgan fingerprint density at radius 1 is 1.18 bits per heavy atom. The van der Waals surface area contributed by atoms with Crippen molar-refractivity contribution < 1.29 is 17.9 Å². The van der Waals surface area contributed by atoms with Crippen LogP contribution in [0.3, 0.4) is 0 Å². The van der Waals surface area contributed by atoms with Crippen molar-refractivity contribution >= 4 is 22.0 Å². The maximum absolute atomic E-state index is 11.9. The van der Waals surface area contributed by atoms with Gasteiger partial charge in [0, 0.05) is 6.42 Å². The molecule has 28 heavy (non-hydrogen) atoms. The van der Waals surface area contributed by atoms with Gasteiger partial charge in [0.25, 0.3) is 0 Å². The zero-order chi connectivity index (χ0) is 20.0. The van der Waals surface area contributed by atoms with E-state index in [0.717, 1.165) is 16.9 Å². The summed E-state index contributed by atoms with van der Waals surface area (Å²) in [5.74, 6) is 0.645. The van der Waals surface area contributed by atoms with Gasteiger partial charge >= 0.3 is 0 Å². The van der Waals surface area contributed by atoms with Crippen LogP contribution in [0, 0.1) is 12.8 Å². The molecule has 0 unspecified atom stereocenters. The van der Waals surface area contributed by atoms with Gasteiger partial charge < -0.3 is 4.74 Å². The van der Waals surface area contributed by atoms with Crippen LogP contribution < -0.4 is 10.2 Å². The lowest BCUT2D eigenvalue weighted by Gasteiger charge is -2.07. The Labute approximate surface area is 165 Å². The fourth-order valence-electron chi connectivity index (χ4n) is 3.02. The summed E-state index contributed by atoms with van der Waals surface area (Å²) in [6.45, 7) is 2.55. The summed E-state index contributed by atoms with van der Waals surface area (Å²) in [5, 5.41) is 3.94. The third-order valence-corrected chi connectivity index (χ3v) is 6.45. The van der Waals surface area contributed by atoms with Gasteiger partial charge in [0.2, 0.25) is 5.91 Å². The number of hydrogen-bond donors (Lipinski definition) is 1. The summed E-state index contributed by atoms with van der Waals surface area (Å²) in [7, 11) is -2.96. The smallest absolute Gasteiger partial charge is 0.240 e. The zero-order valence-electron chi connectivity index (χ0n) is 15.8. The molecule has 0 saturated carbocycles. The Balaban J connectivity index is 1.43. The van der Waals surface area contributed by atoms with Gasteiger partial charge in [0.1, 0.15) is 12.4 Å². The molecule has 2 aromatic carbocycles. The molecule has 1 heterocycles. The van der Waals surface area contributed by atoms with E-state index < -0.39 is 9.84 Å². The SMILES string of the molecule is Cc1ccc(COc2ccc(/C=N\NC(=O)C[C@@H]3CCS(=O)(=O)C3)cc2)cc1. The van der Waals surface area contributed by atoms with E-state index in [4.69, 9.17) is 4.74 Å². The molecule has 0 aliphatic carbocycles. The van der Waals surface area contributed by atoms with Crippen molar-refractivity contribution in [1.29, 1.82) is 0 Å². The lowest BCUT2D eigenvalue weighted by Crippen LogP contribution is -2.21. The van der Waals surface area contributed by atoms with Gasteiger partial charge in [-0.15, -0.1) is 0 Å². The molecule has 3 rings (SSSR count). The predicted octanol–water partition coefficient (Wildman–Crippen LogP) is 2.85. The van der Waals surface area contributed by atoms with E-state index in [2.05, 4.69) is 22.7 Å². The molecule has 1 saturated heterocycles. The van der Waals surface area contributed by atoms with Gasteiger partial charge in [0.15, 0.2) is 9.84 Å². The summed E-state index contributed by atoms with van der Waals surface area (Å²) in [5.41, 5.74) is 5.60. The van der Waals surface area contributed by atoms with Gasteiger partial charge in [-0.05, 0) is 54.7 Å². The zero-order valence-corrected chi connectivity index (χ0v) is 16.6. The lowest BCUT2D eigenvalue weighted by molar-refractivity contribution is -0.121. The standard InChI is InChI=1S/C21H24N2O4S/c1-16-2-4-18(5-3-16)14-27-20-8-6-17(7-9-20)13-22-23-21(24)12-19-10-11-28(25,26)15-19/h2-9,13,19H,10-12,14-15H2,1H3,(H,23,24)/b22-13-/t19-/m0/s1. The molecule has 1 aliphatic heterocycles. The first-order valence-electron chi connectivity index (χ1n) is 9.20. The fourth-order valence-corrected chi connectivity index (χ4v) is 4.88. The molecule has 6 nitrogen and oxygen atoms in total. The average molecular weight is 401 g/mol. The Bertz CT molecular complexity index is 935. The molecule has 148 valence electrons. The molecule has 7 heteroatoms. The van der Waals surface area contributed by atoms with Crippen LogP contribution in [0.25, 0.3) is 0 Å². The molecule has 1 fully saturated rings. The Morgan fingerprint density at radius 3 is 2.54 bits per heavy atom. The topological polar surface area (TPSA) is 84.8 Å². The molecule has 0 spiro atoms. The van der Waals surface area contributed by atoms with Crippen LogP contribution in [0.5, 0.6) is 5.75 Å². The van der Waals surface area contributed by atoms with E-state index in [1.54, 1.807) is 6.21 Å². The van der Waals surface area contributed by atoms with Crippen LogP contribution in [-0.2, 0) is 21.2 Å². The number of nitrogens with one attached hydrogen (secondary N) is 1. The van der Waals surface area contributed by atoms with Crippen LogP contribution in [0.15, 0.2) is 53.6 Å². The van der Waals surface area contributed by atoms with Crippen LogP contribution in [-0.4, -0.2) is 32.0 Å². The van der Waals surface area contributed by atoms with Gasteiger partial charge in [-0.25, -0.2) is 13.8 Å². The van der Waals surface area contributed by atoms with Gasteiger partial charge in [-0.3, -0.25) is 4.79 Å². The second-order valence-corrected chi connectivity index (χ2v) is 9.34. The van der Waals surface area contributed by atoms with Crippen molar-refractivity contribution in [3.63, 3.8) is 0 Å². The number of hydrazone groups is 1. The first-order valence-corrected chi connectivity index (χ1v) is 11.0. The largest absolute Gasteiger partial charge is 0.489 e. The first-order chi connectivity index (χ1) is 13.4. The van der Waals surface area contributed by atoms with Crippen molar-refractivity contribution in [3.05, 3.63) is 65.2 Å². The molecule has 1 atom stereocenters. The highest BCUT2D eigenvalue weighted by Gasteiger charge is 2.29. The summed E-state index contributed by atoms with van der Waals surface area (Å²) in [6, 6.07) is 15.6. The number of carbonyl (C=O) groups excluding carboxylic acids is 1. The number of ether oxygens (including phenoxy) is 1. The number of benzene rings is 2. The number of sulfone groups is 1. The van der Waals surface area contributed by atoms with Crippen molar-refractivity contribution in [2.75, 3.05) is 11.5 Å². The number of rotatable bonds is 7. The second-order valence-electron chi connectivity index (χ2n) is 7.11.